The van der Waals surface area contributed by atoms with E-state index >= 15 is 0 Å². The van der Waals surface area contributed by atoms with Crippen LogP contribution in [0.15, 0.2) is 48.5 Å². The smallest absolute Gasteiger partial charge is 0.220 e. The van der Waals surface area contributed by atoms with Gasteiger partial charge in [0, 0.05) is 13.0 Å². The fraction of sp³-hybridized carbons (Fsp3) is 0.278. The summed E-state index contributed by atoms with van der Waals surface area (Å²) >= 11 is 6.09. The number of nitrogens with two attached hydrogens (primary N) is 1. The highest BCUT2D eigenvalue weighted by molar-refractivity contribution is 6.32. The first kappa shape index (κ1) is 20.3. The molecule has 2 aromatic rings. The van der Waals surface area contributed by atoms with Gasteiger partial charge in [-0.15, -0.1) is 12.4 Å². The third-order valence-corrected chi connectivity index (χ3v) is 3.73. The third kappa shape index (κ3) is 6.40. The predicted molar refractivity (Wildman–Crippen MR) is 99.6 cm³/mol. The highest BCUT2D eigenvalue weighted by Gasteiger charge is 2.06. The van der Waals surface area contributed by atoms with Gasteiger partial charge in [-0.2, -0.15) is 0 Å². The van der Waals surface area contributed by atoms with Crippen LogP contribution >= 0.6 is 24.0 Å². The number of halogens is 2. The third-order valence-electron chi connectivity index (χ3n) is 3.42. The maximum atomic E-state index is 11.7. The topological polar surface area (TPSA) is 64.4 Å². The number of hydrogen-bond donors (Lipinski definition) is 2. The van der Waals surface area contributed by atoms with Crippen molar-refractivity contribution in [3.63, 3.8) is 0 Å². The number of para-hydroxylation sites is 1. The summed E-state index contributed by atoms with van der Waals surface area (Å²) in [6.07, 6.45) is 1.15. The molecule has 2 rings (SSSR count). The lowest BCUT2D eigenvalue weighted by Crippen LogP contribution is -2.24. The van der Waals surface area contributed by atoms with E-state index in [-0.39, 0.29) is 18.3 Å². The van der Waals surface area contributed by atoms with Crippen LogP contribution in [0.25, 0.3) is 0 Å². The predicted octanol–water partition coefficient (Wildman–Crippen LogP) is 3.70. The average molecular weight is 369 g/mol. The molecule has 0 heterocycles. The Morgan fingerprint density at radius 1 is 1.08 bits per heavy atom. The van der Waals surface area contributed by atoms with Gasteiger partial charge >= 0.3 is 0 Å². The molecule has 3 N–H and O–H groups in total. The number of carbonyl (C=O) groups is 1. The molecule has 0 aliphatic rings. The van der Waals surface area contributed by atoms with Gasteiger partial charge in [0.15, 0.2) is 0 Å². The molecule has 0 unspecified atom stereocenters. The van der Waals surface area contributed by atoms with Crippen LogP contribution in [0.1, 0.15) is 24.0 Å². The zero-order valence-corrected chi connectivity index (χ0v) is 14.9. The van der Waals surface area contributed by atoms with Crippen LogP contribution in [0.4, 0.5) is 0 Å². The quantitative estimate of drug-likeness (QED) is 0.746. The molecule has 0 radical (unpaired) electrons. The van der Waals surface area contributed by atoms with Gasteiger partial charge in [-0.25, -0.2) is 0 Å². The first-order valence-electron chi connectivity index (χ1n) is 7.61. The minimum atomic E-state index is 0. The van der Waals surface area contributed by atoms with E-state index in [0.29, 0.717) is 43.3 Å². The number of nitrogens with one attached hydrogen (secondary N) is 1. The molecular weight excluding hydrogens is 347 g/mol. The van der Waals surface area contributed by atoms with Crippen LogP contribution in [0, 0.1) is 0 Å². The molecule has 0 saturated heterocycles. The summed E-state index contributed by atoms with van der Waals surface area (Å²) in [6.45, 7) is 1.40. The van der Waals surface area contributed by atoms with Crippen molar-refractivity contribution >= 4 is 29.9 Å². The molecule has 1 amide bonds. The second-order valence-electron chi connectivity index (χ2n) is 5.16. The van der Waals surface area contributed by atoms with Crippen LogP contribution < -0.4 is 15.8 Å². The molecule has 2 aromatic carbocycles. The molecule has 130 valence electrons. The molecule has 0 saturated carbocycles. The number of hydrogen-bond acceptors (Lipinski definition) is 3. The van der Waals surface area contributed by atoms with E-state index in [9.17, 15) is 4.79 Å². The Morgan fingerprint density at radius 3 is 2.46 bits per heavy atom. The van der Waals surface area contributed by atoms with Crippen molar-refractivity contribution in [2.45, 2.75) is 26.0 Å². The highest BCUT2D eigenvalue weighted by atomic mass is 35.5. The summed E-state index contributed by atoms with van der Waals surface area (Å²) in [5.74, 6) is 0.660. The van der Waals surface area contributed by atoms with E-state index < -0.39 is 0 Å². The molecule has 0 bridgehead atoms. The van der Waals surface area contributed by atoms with Crippen molar-refractivity contribution in [3.8, 4) is 5.75 Å². The molecule has 0 aliphatic carbocycles. The van der Waals surface area contributed by atoms with Crippen LogP contribution in [0.3, 0.4) is 0 Å². The Balaban J connectivity index is 0.00000288. The molecule has 0 aliphatic heterocycles. The van der Waals surface area contributed by atoms with Crippen molar-refractivity contribution in [1.82, 2.24) is 5.32 Å². The van der Waals surface area contributed by atoms with E-state index in [0.717, 1.165) is 11.1 Å². The number of carbonyl (C=O) groups excluding carboxylic acids is 1. The van der Waals surface area contributed by atoms with E-state index in [1.54, 1.807) is 6.07 Å². The standard InChI is InChI=1S/C18H21ClN2O2.ClH/c19-16-8-3-4-9-17(16)23-13-15-7-2-1-6-14(15)12-21-18(22)10-5-11-20;/h1-4,6-9H,5,10-13,20H2,(H,21,22);1H. The van der Waals surface area contributed by atoms with Gasteiger partial charge in [-0.1, -0.05) is 48.0 Å². The van der Waals surface area contributed by atoms with Gasteiger partial charge in [0.2, 0.25) is 5.91 Å². The summed E-state index contributed by atoms with van der Waals surface area (Å²) < 4.78 is 5.77. The lowest BCUT2D eigenvalue weighted by Gasteiger charge is -2.12. The summed E-state index contributed by atoms with van der Waals surface area (Å²) in [6, 6.07) is 15.2. The number of ether oxygens (including phenoxy) is 1. The Kier molecular flexibility index (Phi) is 9.23. The van der Waals surface area contributed by atoms with Crippen molar-refractivity contribution in [1.29, 1.82) is 0 Å². The minimum absolute atomic E-state index is 0. The van der Waals surface area contributed by atoms with Crippen LogP contribution in [-0.4, -0.2) is 12.5 Å². The number of rotatable bonds is 8. The lowest BCUT2D eigenvalue weighted by molar-refractivity contribution is -0.121. The summed E-state index contributed by atoms with van der Waals surface area (Å²) in [5, 5.41) is 3.49. The van der Waals surface area contributed by atoms with Gasteiger partial charge in [-0.3, -0.25) is 4.79 Å². The summed E-state index contributed by atoms with van der Waals surface area (Å²) in [4.78, 5) is 11.7. The first-order chi connectivity index (χ1) is 11.2. The molecule has 0 spiro atoms. The van der Waals surface area contributed by atoms with Crippen molar-refractivity contribution in [2.24, 2.45) is 5.73 Å². The number of benzene rings is 2. The maximum absolute atomic E-state index is 11.7. The zero-order valence-electron chi connectivity index (χ0n) is 13.3. The molecule has 0 aromatic heterocycles. The summed E-state index contributed by atoms with van der Waals surface area (Å²) in [5.41, 5.74) is 7.46. The average Bonchev–Trinajstić information content (AvgIpc) is 2.58. The fourth-order valence-electron chi connectivity index (χ4n) is 2.13. The molecular formula is C18H22Cl2N2O2. The second kappa shape index (κ2) is 10.9. The first-order valence-corrected chi connectivity index (χ1v) is 7.99. The van der Waals surface area contributed by atoms with Gasteiger partial charge in [0.05, 0.1) is 5.02 Å². The van der Waals surface area contributed by atoms with Crippen LogP contribution in [0.2, 0.25) is 5.02 Å². The maximum Gasteiger partial charge on any atom is 0.220 e. The molecule has 6 heteroatoms. The van der Waals surface area contributed by atoms with E-state index in [2.05, 4.69) is 5.32 Å². The van der Waals surface area contributed by atoms with Gasteiger partial charge in [-0.05, 0) is 36.2 Å². The Labute approximate surface area is 153 Å². The normalized spacial score (nSPS) is 9.92. The largest absolute Gasteiger partial charge is 0.487 e. The van der Waals surface area contributed by atoms with Crippen molar-refractivity contribution in [2.75, 3.05) is 6.54 Å². The van der Waals surface area contributed by atoms with Gasteiger partial charge < -0.3 is 15.8 Å². The van der Waals surface area contributed by atoms with Gasteiger partial charge in [0.1, 0.15) is 12.4 Å². The van der Waals surface area contributed by atoms with Crippen molar-refractivity contribution < 1.29 is 9.53 Å². The fourth-order valence-corrected chi connectivity index (χ4v) is 2.32. The minimum Gasteiger partial charge on any atom is -0.487 e. The zero-order chi connectivity index (χ0) is 16.5. The summed E-state index contributed by atoms with van der Waals surface area (Å²) in [7, 11) is 0. The molecule has 24 heavy (non-hydrogen) atoms. The SMILES string of the molecule is Cl.NCCCC(=O)NCc1ccccc1COc1ccccc1Cl. The van der Waals surface area contributed by atoms with Gasteiger partial charge in [0.25, 0.3) is 0 Å². The van der Waals surface area contributed by atoms with E-state index in [1.807, 2.05) is 42.5 Å². The van der Waals surface area contributed by atoms with Crippen LogP contribution in [0.5, 0.6) is 5.75 Å². The molecule has 4 nitrogen and oxygen atoms in total. The Bertz CT molecular complexity index is 650. The number of amides is 1. The van der Waals surface area contributed by atoms with E-state index in [4.69, 9.17) is 22.1 Å². The highest BCUT2D eigenvalue weighted by Crippen LogP contribution is 2.24. The molecule has 0 fully saturated rings. The Hall–Kier alpha value is -1.75. The Morgan fingerprint density at radius 2 is 1.75 bits per heavy atom. The molecule has 0 atom stereocenters. The lowest BCUT2D eigenvalue weighted by atomic mass is 10.1. The van der Waals surface area contributed by atoms with Crippen LogP contribution in [-0.2, 0) is 17.9 Å². The monoisotopic (exact) mass is 368 g/mol. The van der Waals surface area contributed by atoms with Crippen molar-refractivity contribution in [3.05, 3.63) is 64.7 Å². The van der Waals surface area contributed by atoms with E-state index in [1.165, 1.54) is 0 Å². The second-order valence-corrected chi connectivity index (χ2v) is 5.56.